The van der Waals surface area contributed by atoms with Crippen molar-refractivity contribution in [3.63, 3.8) is 0 Å². The molecule has 8 nitrogen and oxygen atoms in total. The van der Waals surface area contributed by atoms with Gasteiger partial charge in [-0.05, 0) is 53.6 Å². The summed E-state index contributed by atoms with van der Waals surface area (Å²) in [6.07, 6.45) is 2.21. The van der Waals surface area contributed by atoms with Crippen LogP contribution in [0.2, 0.25) is 10.2 Å². The second-order valence-electron chi connectivity index (χ2n) is 9.55. The summed E-state index contributed by atoms with van der Waals surface area (Å²) in [5, 5.41) is 14.9. The minimum Gasteiger partial charge on any atom is -0.353 e. The maximum absolute atomic E-state index is 12.7. The van der Waals surface area contributed by atoms with Gasteiger partial charge in [0.1, 0.15) is 5.02 Å². The van der Waals surface area contributed by atoms with Crippen molar-refractivity contribution in [2.75, 3.05) is 10.6 Å². The lowest BCUT2D eigenvalue weighted by Crippen LogP contribution is -2.23. The molecule has 0 fully saturated rings. The Morgan fingerprint density at radius 2 is 1.45 bits per heavy atom. The smallest absolute Gasteiger partial charge is 0.287 e. The zero-order valence-corrected chi connectivity index (χ0v) is 23.2. The van der Waals surface area contributed by atoms with E-state index >= 15 is 0 Å². The molecule has 1 unspecified atom stereocenters. The highest BCUT2D eigenvalue weighted by atomic mass is 35.5. The largest absolute Gasteiger partial charge is 0.353 e. The van der Waals surface area contributed by atoms with Crippen molar-refractivity contribution in [1.82, 2.24) is 19.6 Å². The molecule has 0 bridgehead atoms. The number of hydrogen-bond acceptors (Lipinski definition) is 6. The molecule has 4 rings (SSSR count). The third-order valence-electron chi connectivity index (χ3n) is 6.42. The molecule has 0 aliphatic carbocycles. The maximum atomic E-state index is 12.7. The number of halogens is 2. The van der Waals surface area contributed by atoms with Crippen molar-refractivity contribution >= 4 is 46.0 Å². The molecule has 10 heteroatoms. The molecule has 0 radical (unpaired) electrons. The molecule has 1 atom stereocenters. The second kappa shape index (κ2) is 11.8. The molecule has 198 valence electrons. The number of anilines is 4. The predicted molar refractivity (Wildman–Crippen MR) is 155 cm³/mol. The van der Waals surface area contributed by atoms with Gasteiger partial charge < -0.3 is 10.6 Å². The van der Waals surface area contributed by atoms with E-state index in [9.17, 15) is 9.59 Å². The molecule has 4 aromatic rings. The summed E-state index contributed by atoms with van der Waals surface area (Å²) in [4.78, 5) is 24.7. The quantitative estimate of drug-likeness (QED) is 0.248. The first kappa shape index (κ1) is 27.4. The zero-order chi connectivity index (χ0) is 27.4. The first-order valence-electron chi connectivity index (χ1n) is 12.4. The summed E-state index contributed by atoms with van der Waals surface area (Å²) in [6.45, 7) is 6.80. The Bertz CT molecular complexity index is 1530. The van der Waals surface area contributed by atoms with Gasteiger partial charge in [0.05, 0.1) is 17.6 Å². The van der Waals surface area contributed by atoms with Crippen LogP contribution in [-0.4, -0.2) is 19.6 Å². The lowest BCUT2D eigenvalue weighted by molar-refractivity contribution is 0.512. The van der Waals surface area contributed by atoms with Crippen LogP contribution in [0.15, 0.2) is 70.4 Å². The molecule has 2 N–H and O–H groups in total. The van der Waals surface area contributed by atoms with Crippen LogP contribution in [0.25, 0.3) is 0 Å². The van der Waals surface area contributed by atoms with E-state index in [2.05, 4.69) is 53.7 Å². The van der Waals surface area contributed by atoms with Gasteiger partial charge in [-0.25, -0.2) is 9.36 Å². The van der Waals surface area contributed by atoms with Crippen LogP contribution < -0.4 is 21.8 Å². The molecule has 0 saturated heterocycles. The van der Waals surface area contributed by atoms with Gasteiger partial charge in [0.15, 0.2) is 5.15 Å². The summed E-state index contributed by atoms with van der Waals surface area (Å²) in [6, 6.07) is 17.3. The summed E-state index contributed by atoms with van der Waals surface area (Å²) in [5.41, 5.74) is 4.30. The predicted octanol–water partition coefficient (Wildman–Crippen LogP) is 6.45. The minimum absolute atomic E-state index is 0.0850. The summed E-state index contributed by atoms with van der Waals surface area (Å²) < 4.78 is 2.58. The zero-order valence-electron chi connectivity index (χ0n) is 21.7. The van der Waals surface area contributed by atoms with Gasteiger partial charge in [-0.15, -0.1) is 0 Å². The molecule has 2 aromatic carbocycles. The monoisotopic (exact) mass is 552 g/mol. The Kier molecular flexibility index (Phi) is 8.54. The van der Waals surface area contributed by atoms with Crippen LogP contribution in [0.5, 0.6) is 0 Å². The van der Waals surface area contributed by atoms with E-state index in [0.29, 0.717) is 30.3 Å². The number of nitrogens with zero attached hydrogens (tertiary/aromatic N) is 4. The number of rotatable bonds is 9. The van der Waals surface area contributed by atoms with Gasteiger partial charge >= 0.3 is 0 Å². The highest BCUT2D eigenvalue weighted by molar-refractivity contribution is 6.33. The summed E-state index contributed by atoms with van der Waals surface area (Å²) in [5.74, 6) is 0.612. The Balaban J connectivity index is 1.38. The van der Waals surface area contributed by atoms with Crippen molar-refractivity contribution in [3.05, 3.63) is 103 Å². The lowest BCUT2D eigenvalue weighted by atomic mass is 9.97. The standard InChI is InChI=1S/C28H30Cl2N6O2/c1-17(2)19-5-9-21(10-6-19)32-23-15-25(37)36(34-27(23)30)14-13-18(3)20-7-11-22(12-8-20)33-24-16-31-35(4)28(38)26(24)29/h5-12,15-18,32-33H,13-14H2,1-4H3. The number of benzene rings is 2. The topological polar surface area (TPSA) is 93.8 Å². The highest BCUT2D eigenvalue weighted by Gasteiger charge is 2.12. The lowest BCUT2D eigenvalue weighted by Gasteiger charge is -2.15. The van der Waals surface area contributed by atoms with Crippen LogP contribution in [0, 0.1) is 0 Å². The SMILES string of the molecule is CC(C)c1ccc(Nc2cc(=O)n(CCC(C)c3ccc(Nc4cnn(C)c(=O)c4Cl)cc3)nc2Cl)cc1. The average molecular weight is 553 g/mol. The van der Waals surface area contributed by atoms with Gasteiger partial charge in [-0.3, -0.25) is 9.59 Å². The number of hydrogen-bond donors (Lipinski definition) is 2. The van der Waals surface area contributed by atoms with E-state index in [-0.39, 0.29) is 27.2 Å². The number of aryl methyl sites for hydroxylation is 2. The maximum Gasteiger partial charge on any atom is 0.287 e. The van der Waals surface area contributed by atoms with Crippen LogP contribution in [0.3, 0.4) is 0 Å². The molecule has 0 aliphatic rings. The van der Waals surface area contributed by atoms with E-state index in [1.54, 1.807) is 7.05 Å². The third-order valence-corrected chi connectivity index (χ3v) is 7.06. The molecular formula is C28H30Cl2N6O2. The van der Waals surface area contributed by atoms with E-state index in [1.807, 2.05) is 36.4 Å². The Morgan fingerprint density at radius 1 is 0.868 bits per heavy atom. The van der Waals surface area contributed by atoms with E-state index in [4.69, 9.17) is 23.2 Å². The minimum atomic E-state index is -0.366. The normalized spacial score (nSPS) is 12.0. The van der Waals surface area contributed by atoms with Crippen molar-refractivity contribution in [1.29, 1.82) is 0 Å². The van der Waals surface area contributed by atoms with Crippen LogP contribution in [-0.2, 0) is 13.6 Å². The fraction of sp³-hybridized carbons (Fsp3) is 0.286. The molecule has 2 heterocycles. The first-order chi connectivity index (χ1) is 18.1. The molecule has 0 aliphatic heterocycles. The Hall–Kier alpha value is -3.62. The van der Waals surface area contributed by atoms with Crippen molar-refractivity contribution < 1.29 is 0 Å². The summed E-state index contributed by atoms with van der Waals surface area (Å²) >= 11 is 12.5. The van der Waals surface area contributed by atoms with Crippen LogP contribution >= 0.6 is 23.2 Å². The van der Waals surface area contributed by atoms with Crippen LogP contribution in [0.1, 0.15) is 50.2 Å². The number of nitrogens with one attached hydrogen (secondary N) is 2. The summed E-state index contributed by atoms with van der Waals surface area (Å²) in [7, 11) is 1.55. The molecular weight excluding hydrogens is 523 g/mol. The molecule has 38 heavy (non-hydrogen) atoms. The van der Waals surface area contributed by atoms with Crippen molar-refractivity contribution in [2.24, 2.45) is 7.05 Å². The molecule has 0 amide bonds. The fourth-order valence-electron chi connectivity index (χ4n) is 3.95. The van der Waals surface area contributed by atoms with Crippen molar-refractivity contribution in [2.45, 2.75) is 45.6 Å². The fourth-order valence-corrected chi connectivity index (χ4v) is 4.36. The van der Waals surface area contributed by atoms with E-state index in [1.165, 1.54) is 27.2 Å². The van der Waals surface area contributed by atoms with Gasteiger partial charge in [-0.1, -0.05) is 68.2 Å². The highest BCUT2D eigenvalue weighted by Crippen LogP contribution is 2.26. The Labute approximate surface area is 231 Å². The van der Waals surface area contributed by atoms with Gasteiger partial charge in [0.2, 0.25) is 0 Å². The number of aromatic nitrogens is 4. The average Bonchev–Trinajstić information content (AvgIpc) is 2.90. The Morgan fingerprint density at radius 3 is 2.05 bits per heavy atom. The molecule has 2 aromatic heterocycles. The third kappa shape index (κ3) is 6.44. The van der Waals surface area contributed by atoms with E-state index in [0.717, 1.165) is 16.9 Å². The molecule has 0 saturated carbocycles. The van der Waals surface area contributed by atoms with Gasteiger partial charge in [0, 0.05) is 31.0 Å². The van der Waals surface area contributed by atoms with E-state index < -0.39 is 0 Å². The first-order valence-corrected chi connectivity index (χ1v) is 13.1. The molecule has 0 spiro atoms. The van der Waals surface area contributed by atoms with Gasteiger partial charge in [-0.2, -0.15) is 10.2 Å². The van der Waals surface area contributed by atoms with Crippen LogP contribution in [0.4, 0.5) is 22.7 Å². The second-order valence-corrected chi connectivity index (χ2v) is 10.3. The van der Waals surface area contributed by atoms with Gasteiger partial charge in [0.25, 0.3) is 11.1 Å². The van der Waals surface area contributed by atoms with Crippen molar-refractivity contribution in [3.8, 4) is 0 Å².